The van der Waals surface area contributed by atoms with E-state index in [0.29, 0.717) is 13.2 Å². The molecule has 0 saturated carbocycles. The highest BCUT2D eigenvalue weighted by Crippen LogP contribution is 2.38. The first kappa shape index (κ1) is 18.6. The van der Waals surface area contributed by atoms with Crippen molar-refractivity contribution in [3.63, 3.8) is 0 Å². The molecule has 1 aliphatic rings. The lowest BCUT2D eigenvalue weighted by molar-refractivity contribution is -0.116. The second-order valence-corrected chi connectivity index (χ2v) is 6.96. The maximum Gasteiger partial charge on any atom is 0.244 e. The minimum atomic E-state index is -0.0484. The van der Waals surface area contributed by atoms with Gasteiger partial charge >= 0.3 is 0 Å². The number of fused-ring (bicyclic) bond motifs is 3. The van der Waals surface area contributed by atoms with Gasteiger partial charge in [0.1, 0.15) is 17.1 Å². The Kier molecular flexibility index (Phi) is 6.02. The summed E-state index contributed by atoms with van der Waals surface area (Å²) in [5.41, 5.74) is 4.11. The summed E-state index contributed by atoms with van der Waals surface area (Å²) in [4.78, 5) is 12.2. The van der Waals surface area contributed by atoms with Crippen LogP contribution in [0.25, 0.3) is 16.5 Å². The molecule has 1 aliphatic carbocycles. The summed E-state index contributed by atoms with van der Waals surface area (Å²) in [6.45, 7) is 7.34. The number of carbonyl (C=O) groups excluding carboxylic acids is 1. The summed E-state index contributed by atoms with van der Waals surface area (Å²) in [6, 6.07) is 4.12. The fourth-order valence-corrected chi connectivity index (χ4v) is 3.59. The molecule has 1 aromatic heterocycles. The molecule has 1 amide bonds. The number of ether oxygens (including phenoxy) is 1. The molecule has 26 heavy (non-hydrogen) atoms. The largest absolute Gasteiger partial charge is 0.493 e. The fraction of sp³-hybridized carbons (Fsp3) is 0.500. The van der Waals surface area contributed by atoms with E-state index in [1.54, 1.807) is 6.08 Å². The molecule has 0 unspecified atom stereocenters. The Bertz CT molecular complexity index is 816. The van der Waals surface area contributed by atoms with Crippen LogP contribution in [0.2, 0.25) is 0 Å². The molecule has 3 rings (SSSR count). The van der Waals surface area contributed by atoms with Gasteiger partial charge in [0.25, 0.3) is 0 Å². The van der Waals surface area contributed by atoms with Crippen LogP contribution in [-0.2, 0) is 17.6 Å². The molecule has 4 nitrogen and oxygen atoms in total. The van der Waals surface area contributed by atoms with Gasteiger partial charge in [-0.3, -0.25) is 4.79 Å². The monoisotopic (exact) mass is 355 g/mol. The molecule has 0 spiro atoms. The number of hydrogen-bond donors (Lipinski definition) is 1. The van der Waals surface area contributed by atoms with Crippen LogP contribution in [0.4, 0.5) is 0 Å². The molecular weight excluding hydrogens is 326 g/mol. The van der Waals surface area contributed by atoms with Crippen LogP contribution in [0.15, 0.2) is 22.6 Å². The molecule has 1 N–H and O–H groups in total. The van der Waals surface area contributed by atoms with E-state index in [2.05, 4.69) is 18.3 Å². The Morgan fingerprint density at radius 3 is 2.85 bits per heavy atom. The Morgan fingerprint density at radius 1 is 1.27 bits per heavy atom. The van der Waals surface area contributed by atoms with Crippen LogP contribution >= 0.6 is 0 Å². The van der Waals surface area contributed by atoms with Gasteiger partial charge in [0, 0.05) is 41.6 Å². The van der Waals surface area contributed by atoms with Crippen molar-refractivity contribution in [3.05, 3.63) is 35.1 Å². The third-order valence-corrected chi connectivity index (χ3v) is 4.96. The molecule has 1 aromatic carbocycles. The van der Waals surface area contributed by atoms with Gasteiger partial charge in [-0.2, -0.15) is 0 Å². The lowest BCUT2D eigenvalue weighted by Gasteiger charge is -2.12. The predicted molar refractivity (Wildman–Crippen MR) is 106 cm³/mol. The molecule has 4 heteroatoms. The van der Waals surface area contributed by atoms with Crippen molar-refractivity contribution in [1.82, 2.24) is 5.32 Å². The van der Waals surface area contributed by atoms with Gasteiger partial charge in [0.05, 0.1) is 6.61 Å². The molecule has 0 bridgehead atoms. The van der Waals surface area contributed by atoms with Crippen molar-refractivity contribution >= 4 is 22.4 Å². The molecule has 0 fully saturated rings. The molecule has 0 atom stereocenters. The standard InChI is InChI=1S/C22H29NO3/c1-4-6-11-23-22(24)12-15(3)17-13-18-16-9-7-8-10-19(16)26-21(18)14-20(17)25-5-2/h12-14H,4-11H2,1-3H3,(H,23,24)/b15-12+. The predicted octanol–water partition coefficient (Wildman–Crippen LogP) is 5.03. The molecule has 1 heterocycles. The average Bonchev–Trinajstić information content (AvgIpc) is 2.99. The number of hydrogen-bond acceptors (Lipinski definition) is 3. The van der Waals surface area contributed by atoms with Gasteiger partial charge in [-0.15, -0.1) is 0 Å². The van der Waals surface area contributed by atoms with Crippen LogP contribution in [-0.4, -0.2) is 19.1 Å². The van der Waals surface area contributed by atoms with Gasteiger partial charge in [0.2, 0.25) is 5.91 Å². The molecule has 0 aliphatic heterocycles. The number of allylic oxidation sites excluding steroid dienone is 1. The minimum absolute atomic E-state index is 0.0484. The van der Waals surface area contributed by atoms with Crippen LogP contribution in [0.3, 0.4) is 0 Å². The van der Waals surface area contributed by atoms with E-state index >= 15 is 0 Å². The van der Waals surface area contributed by atoms with E-state index in [1.807, 2.05) is 19.9 Å². The summed E-state index contributed by atoms with van der Waals surface area (Å²) < 4.78 is 11.9. The lowest BCUT2D eigenvalue weighted by atomic mass is 9.94. The summed E-state index contributed by atoms with van der Waals surface area (Å²) in [7, 11) is 0. The SMILES string of the molecule is CCCCNC(=O)/C=C(\C)c1cc2c3c(oc2cc1OCC)CCCC3. The van der Waals surface area contributed by atoms with E-state index in [4.69, 9.17) is 9.15 Å². The van der Waals surface area contributed by atoms with Crippen molar-refractivity contribution in [1.29, 1.82) is 0 Å². The number of furan rings is 1. The second-order valence-electron chi connectivity index (χ2n) is 6.96. The number of aryl methyl sites for hydroxylation is 2. The third-order valence-electron chi connectivity index (χ3n) is 4.96. The van der Waals surface area contributed by atoms with E-state index in [-0.39, 0.29) is 5.91 Å². The number of benzene rings is 1. The zero-order valence-corrected chi connectivity index (χ0v) is 16.1. The first-order valence-corrected chi connectivity index (χ1v) is 9.81. The molecule has 2 aromatic rings. The third kappa shape index (κ3) is 3.95. The minimum Gasteiger partial charge on any atom is -0.493 e. The van der Waals surface area contributed by atoms with Gasteiger partial charge < -0.3 is 14.5 Å². The smallest absolute Gasteiger partial charge is 0.244 e. The second kappa shape index (κ2) is 8.43. The van der Waals surface area contributed by atoms with E-state index in [1.165, 1.54) is 18.4 Å². The van der Waals surface area contributed by atoms with E-state index in [0.717, 1.165) is 59.3 Å². The maximum absolute atomic E-state index is 12.2. The lowest BCUT2D eigenvalue weighted by Crippen LogP contribution is -2.22. The highest BCUT2D eigenvalue weighted by atomic mass is 16.5. The zero-order valence-electron chi connectivity index (χ0n) is 16.1. The summed E-state index contributed by atoms with van der Waals surface area (Å²) in [6.07, 6.45) is 8.21. The maximum atomic E-state index is 12.2. The Hall–Kier alpha value is -2.23. The molecule has 0 radical (unpaired) electrons. The number of nitrogens with one attached hydrogen (secondary N) is 1. The van der Waals surface area contributed by atoms with E-state index in [9.17, 15) is 4.79 Å². The van der Waals surface area contributed by atoms with Crippen molar-refractivity contribution in [2.45, 2.75) is 59.3 Å². The molecular formula is C22H29NO3. The van der Waals surface area contributed by atoms with Gasteiger partial charge in [-0.25, -0.2) is 0 Å². The Morgan fingerprint density at radius 2 is 2.08 bits per heavy atom. The van der Waals surface area contributed by atoms with E-state index < -0.39 is 0 Å². The van der Waals surface area contributed by atoms with Gasteiger partial charge in [-0.05, 0) is 51.2 Å². The summed E-state index contributed by atoms with van der Waals surface area (Å²) in [5.74, 6) is 1.85. The number of rotatable bonds is 7. The van der Waals surface area contributed by atoms with Crippen LogP contribution < -0.4 is 10.1 Å². The topological polar surface area (TPSA) is 51.5 Å². The Balaban J connectivity index is 1.96. The van der Waals surface area contributed by atoms with Crippen molar-refractivity contribution < 1.29 is 13.9 Å². The highest BCUT2D eigenvalue weighted by molar-refractivity contribution is 5.97. The first-order chi connectivity index (χ1) is 12.6. The van der Waals surface area contributed by atoms with Gasteiger partial charge in [-0.1, -0.05) is 13.3 Å². The van der Waals surface area contributed by atoms with Crippen molar-refractivity contribution in [2.75, 3.05) is 13.2 Å². The summed E-state index contributed by atoms with van der Waals surface area (Å²) in [5, 5.41) is 4.11. The van der Waals surface area contributed by atoms with Crippen molar-refractivity contribution in [2.24, 2.45) is 0 Å². The van der Waals surface area contributed by atoms with Gasteiger partial charge in [0.15, 0.2) is 0 Å². The molecule has 0 saturated heterocycles. The van der Waals surface area contributed by atoms with Crippen LogP contribution in [0.5, 0.6) is 5.75 Å². The normalized spacial score (nSPS) is 14.3. The fourth-order valence-electron chi connectivity index (χ4n) is 3.59. The summed E-state index contributed by atoms with van der Waals surface area (Å²) >= 11 is 0. The first-order valence-electron chi connectivity index (χ1n) is 9.81. The highest BCUT2D eigenvalue weighted by Gasteiger charge is 2.20. The van der Waals surface area contributed by atoms with Crippen LogP contribution in [0, 0.1) is 0 Å². The Labute approximate surface area is 155 Å². The van der Waals surface area contributed by atoms with Crippen LogP contribution in [0.1, 0.15) is 63.3 Å². The quantitative estimate of drug-likeness (QED) is 0.560. The average molecular weight is 355 g/mol. The number of carbonyl (C=O) groups is 1. The molecule has 140 valence electrons. The number of unbranched alkanes of at least 4 members (excludes halogenated alkanes) is 1. The van der Waals surface area contributed by atoms with Crippen molar-refractivity contribution in [3.8, 4) is 5.75 Å². The number of amides is 1. The zero-order chi connectivity index (χ0) is 18.5.